The van der Waals surface area contributed by atoms with Crippen LogP contribution in [0.25, 0.3) is 0 Å². The highest BCUT2D eigenvalue weighted by Crippen LogP contribution is 2.23. The highest BCUT2D eigenvalue weighted by molar-refractivity contribution is 5.98. The van der Waals surface area contributed by atoms with Gasteiger partial charge in [0.2, 0.25) is 5.91 Å². The van der Waals surface area contributed by atoms with E-state index in [9.17, 15) is 14.7 Å². The molecule has 1 aliphatic heterocycles. The van der Waals surface area contributed by atoms with Crippen molar-refractivity contribution in [2.75, 3.05) is 26.7 Å². The zero-order valence-corrected chi connectivity index (χ0v) is 11.4. The van der Waals surface area contributed by atoms with E-state index in [4.69, 9.17) is 4.74 Å². The third-order valence-electron chi connectivity index (χ3n) is 3.31. The van der Waals surface area contributed by atoms with Crippen molar-refractivity contribution < 1.29 is 19.4 Å². The van der Waals surface area contributed by atoms with E-state index < -0.39 is 5.91 Å². The molecule has 1 aromatic rings. The minimum Gasteiger partial charge on any atom is -0.507 e. The number of likely N-dealkylation sites (tertiary alicyclic amines) is 1. The maximum atomic E-state index is 11.9. The van der Waals surface area contributed by atoms with E-state index >= 15 is 0 Å². The van der Waals surface area contributed by atoms with Gasteiger partial charge in [-0.05, 0) is 25.0 Å². The van der Waals surface area contributed by atoms with E-state index in [0.29, 0.717) is 5.75 Å². The SMILES string of the molecule is COc1ccc(C(=O)NCC(=O)N2CCCC2)c(O)c1. The van der Waals surface area contributed by atoms with Gasteiger partial charge in [0, 0.05) is 19.2 Å². The van der Waals surface area contributed by atoms with Gasteiger partial charge in [0.05, 0.1) is 19.2 Å². The highest BCUT2D eigenvalue weighted by atomic mass is 16.5. The molecule has 2 rings (SSSR count). The standard InChI is InChI=1S/C14H18N2O4/c1-20-10-4-5-11(12(17)8-10)14(19)15-9-13(18)16-6-2-3-7-16/h4-5,8,17H,2-3,6-7,9H2,1H3,(H,15,19). The van der Waals surface area contributed by atoms with Crippen molar-refractivity contribution in [2.45, 2.75) is 12.8 Å². The molecule has 1 fully saturated rings. The van der Waals surface area contributed by atoms with Crippen molar-refractivity contribution in [1.29, 1.82) is 0 Å². The Balaban J connectivity index is 1.93. The molecule has 1 saturated heterocycles. The summed E-state index contributed by atoms with van der Waals surface area (Å²) >= 11 is 0. The van der Waals surface area contributed by atoms with Gasteiger partial charge in [0.25, 0.3) is 5.91 Å². The number of methoxy groups -OCH3 is 1. The lowest BCUT2D eigenvalue weighted by Crippen LogP contribution is -2.38. The summed E-state index contributed by atoms with van der Waals surface area (Å²) in [6.45, 7) is 1.45. The number of aromatic hydroxyl groups is 1. The van der Waals surface area contributed by atoms with Gasteiger partial charge in [0.15, 0.2) is 0 Å². The number of benzene rings is 1. The molecule has 0 aromatic heterocycles. The number of hydrogen-bond acceptors (Lipinski definition) is 4. The van der Waals surface area contributed by atoms with Gasteiger partial charge >= 0.3 is 0 Å². The van der Waals surface area contributed by atoms with Crippen LogP contribution < -0.4 is 10.1 Å². The predicted molar refractivity (Wildman–Crippen MR) is 72.8 cm³/mol. The Hall–Kier alpha value is -2.24. The summed E-state index contributed by atoms with van der Waals surface area (Å²) in [6, 6.07) is 4.40. The predicted octanol–water partition coefficient (Wildman–Crippen LogP) is 0.753. The average Bonchev–Trinajstić information content (AvgIpc) is 2.98. The van der Waals surface area contributed by atoms with Crippen molar-refractivity contribution >= 4 is 11.8 Å². The fourth-order valence-corrected chi connectivity index (χ4v) is 2.16. The van der Waals surface area contributed by atoms with Crippen LogP contribution in [-0.2, 0) is 4.79 Å². The number of ether oxygens (including phenoxy) is 1. The summed E-state index contributed by atoms with van der Waals surface area (Å²) < 4.78 is 4.94. The first-order valence-corrected chi connectivity index (χ1v) is 6.55. The Morgan fingerprint density at radius 2 is 2.05 bits per heavy atom. The lowest BCUT2D eigenvalue weighted by molar-refractivity contribution is -0.129. The number of phenols is 1. The number of nitrogens with one attached hydrogen (secondary N) is 1. The van der Waals surface area contributed by atoms with Crippen LogP contribution in [-0.4, -0.2) is 48.6 Å². The van der Waals surface area contributed by atoms with E-state index in [-0.39, 0.29) is 23.8 Å². The minimum absolute atomic E-state index is 0.0513. The van der Waals surface area contributed by atoms with E-state index in [1.165, 1.54) is 19.2 Å². The first-order valence-electron chi connectivity index (χ1n) is 6.55. The molecular weight excluding hydrogens is 260 g/mol. The summed E-state index contributed by atoms with van der Waals surface area (Å²) in [5, 5.41) is 12.3. The second-order valence-electron chi connectivity index (χ2n) is 4.65. The third-order valence-corrected chi connectivity index (χ3v) is 3.31. The van der Waals surface area contributed by atoms with Crippen LogP contribution in [0.2, 0.25) is 0 Å². The average molecular weight is 278 g/mol. The highest BCUT2D eigenvalue weighted by Gasteiger charge is 2.19. The van der Waals surface area contributed by atoms with Gasteiger partial charge in [0.1, 0.15) is 11.5 Å². The number of carbonyl (C=O) groups excluding carboxylic acids is 2. The van der Waals surface area contributed by atoms with Crippen molar-refractivity contribution in [2.24, 2.45) is 0 Å². The van der Waals surface area contributed by atoms with Gasteiger partial charge in [-0.25, -0.2) is 0 Å². The molecule has 0 unspecified atom stereocenters. The summed E-state index contributed by atoms with van der Waals surface area (Å²) in [5.74, 6) is -0.274. The third kappa shape index (κ3) is 3.20. The molecular formula is C14H18N2O4. The molecule has 0 saturated carbocycles. The Bertz CT molecular complexity index is 510. The van der Waals surface area contributed by atoms with E-state index in [2.05, 4.69) is 5.32 Å². The molecule has 0 atom stereocenters. The molecule has 6 nitrogen and oxygen atoms in total. The molecule has 1 aromatic carbocycles. The molecule has 108 valence electrons. The molecule has 0 spiro atoms. The van der Waals surface area contributed by atoms with Gasteiger partial charge in [-0.2, -0.15) is 0 Å². The van der Waals surface area contributed by atoms with Crippen molar-refractivity contribution in [3.8, 4) is 11.5 Å². The number of carbonyl (C=O) groups is 2. The van der Waals surface area contributed by atoms with Gasteiger partial charge < -0.3 is 20.1 Å². The zero-order valence-electron chi connectivity index (χ0n) is 11.4. The van der Waals surface area contributed by atoms with Crippen LogP contribution in [0.15, 0.2) is 18.2 Å². The maximum Gasteiger partial charge on any atom is 0.255 e. The van der Waals surface area contributed by atoms with E-state index in [1.54, 1.807) is 11.0 Å². The molecule has 0 aliphatic carbocycles. The number of rotatable bonds is 4. The Labute approximate surface area is 117 Å². The molecule has 2 amide bonds. The summed E-state index contributed by atoms with van der Waals surface area (Å²) in [4.78, 5) is 25.4. The van der Waals surface area contributed by atoms with Crippen LogP contribution in [0, 0.1) is 0 Å². The lowest BCUT2D eigenvalue weighted by Gasteiger charge is -2.15. The van der Waals surface area contributed by atoms with E-state index in [0.717, 1.165) is 25.9 Å². The van der Waals surface area contributed by atoms with Crippen molar-refractivity contribution in [1.82, 2.24) is 10.2 Å². The number of amides is 2. The fourth-order valence-electron chi connectivity index (χ4n) is 2.16. The Morgan fingerprint density at radius 3 is 2.65 bits per heavy atom. The van der Waals surface area contributed by atoms with Crippen molar-refractivity contribution in [3.05, 3.63) is 23.8 Å². The second kappa shape index (κ2) is 6.27. The van der Waals surface area contributed by atoms with E-state index in [1.807, 2.05) is 0 Å². The minimum atomic E-state index is -0.474. The van der Waals surface area contributed by atoms with Gasteiger partial charge in [-0.15, -0.1) is 0 Å². The number of nitrogens with zero attached hydrogens (tertiary/aromatic N) is 1. The number of hydrogen-bond donors (Lipinski definition) is 2. The Kier molecular flexibility index (Phi) is 4.45. The lowest BCUT2D eigenvalue weighted by atomic mass is 10.2. The fraction of sp³-hybridized carbons (Fsp3) is 0.429. The van der Waals surface area contributed by atoms with Crippen LogP contribution in [0.1, 0.15) is 23.2 Å². The van der Waals surface area contributed by atoms with Crippen LogP contribution in [0.5, 0.6) is 11.5 Å². The molecule has 0 radical (unpaired) electrons. The van der Waals surface area contributed by atoms with Gasteiger partial charge in [-0.1, -0.05) is 0 Å². The first-order chi connectivity index (χ1) is 9.61. The van der Waals surface area contributed by atoms with Crippen LogP contribution in [0.3, 0.4) is 0 Å². The quantitative estimate of drug-likeness (QED) is 0.852. The van der Waals surface area contributed by atoms with Crippen LogP contribution in [0.4, 0.5) is 0 Å². The summed E-state index contributed by atoms with van der Waals surface area (Å²) in [5.41, 5.74) is 0.125. The maximum absolute atomic E-state index is 11.9. The topological polar surface area (TPSA) is 78.9 Å². The molecule has 1 aliphatic rings. The largest absolute Gasteiger partial charge is 0.507 e. The number of phenolic OH excluding ortho intramolecular Hbond substituents is 1. The van der Waals surface area contributed by atoms with Crippen molar-refractivity contribution in [3.63, 3.8) is 0 Å². The molecule has 0 bridgehead atoms. The molecule has 2 N–H and O–H groups in total. The zero-order chi connectivity index (χ0) is 14.5. The monoisotopic (exact) mass is 278 g/mol. The smallest absolute Gasteiger partial charge is 0.255 e. The normalized spacial score (nSPS) is 14.2. The van der Waals surface area contributed by atoms with Crippen LogP contribution >= 0.6 is 0 Å². The molecule has 20 heavy (non-hydrogen) atoms. The summed E-state index contributed by atoms with van der Waals surface area (Å²) in [6.07, 6.45) is 2.03. The Morgan fingerprint density at radius 1 is 1.35 bits per heavy atom. The first kappa shape index (κ1) is 14.2. The summed E-state index contributed by atoms with van der Waals surface area (Å²) in [7, 11) is 1.48. The van der Waals surface area contributed by atoms with Gasteiger partial charge in [-0.3, -0.25) is 9.59 Å². The molecule has 1 heterocycles. The second-order valence-corrected chi connectivity index (χ2v) is 4.65. The molecule has 6 heteroatoms.